The van der Waals surface area contributed by atoms with E-state index in [-0.39, 0.29) is 17.5 Å². The lowest BCUT2D eigenvalue weighted by atomic mass is 9.92. The largest absolute Gasteiger partial charge is 0.348 e. The van der Waals surface area contributed by atoms with Crippen molar-refractivity contribution in [2.75, 3.05) is 0 Å². The van der Waals surface area contributed by atoms with Crippen LogP contribution in [0.25, 0.3) is 0 Å². The Labute approximate surface area is 120 Å². The van der Waals surface area contributed by atoms with Gasteiger partial charge in [-0.05, 0) is 24.8 Å². The van der Waals surface area contributed by atoms with Crippen LogP contribution in [0.15, 0.2) is 17.1 Å². The molecule has 2 aromatic rings. The lowest BCUT2D eigenvalue weighted by molar-refractivity contribution is 0.0928. The van der Waals surface area contributed by atoms with Crippen molar-refractivity contribution in [1.29, 1.82) is 0 Å². The highest BCUT2D eigenvalue weighted by molar-refractivity contribution is 5.92. The number of nitrogens with one attached hydrogen (secondary N) is 1. The Morgan fingerprint density at radius 3 is 2.95 bits per heavy atom. The number of carbonyl (C=O) groups excluding carboxylic acids is 1. The van der Waals surface area contributed by atoms with Crippen LogP contribution in [0.4, 0.5) is 0 Å². The van der Waals surface area contributed by atoms with Gasteiger partial charge in [0, 0.05) is 26.2 Å². The summed E-state index contributed by atoms with van der Waals surface area (Å²) in [4.78, 5) is 23.7. The van der Waals surface area contributed by atoms with Crippen molar-refractivity contribution in [3.05, 3.63) is 39.6 Å². The molecule has 0 fully saturated rings. The van der Waals surface area contributed by atoms with Crippen LogP contribution in [-0.4, -0.2) is 36.7 Å². The molecule has 8 heteroatoms. The standard InChI is InChI=1S/C13H16N6O2/c1-18-7-11(15-17-18)13(21)14-9-3-4-10-8(5-9)6-12(20)19(2)16-10/h6-7,9H,3-5H2,1-2H3,(H,14,21)/t9-/m0/s1. The fourth-order valence-electron chi connectivity index (χ4n) is 2.52. The lowest BCUT2D eigenvalue weighted by Crippen LogP contribution is -2.40. The molecule has 110 valence electrons. The first-order valence-electron chi connectivity index (χ1n) is 6.76. The third-order valence-electron chi connectivity index (χ3n) is 3.62. The number of hydrogen-bond acceptors (Lipinski definition) is 5. The maximum atomic E-state index is 12.1. The summed E-state index contributed by atoms with van der Waals surface area (Å²) >= 11 is 0. The number of aromatic nitrogens is 5. The minimum atomic E-state index is -0.242. The molecule has 0 aromatic carbocycles. The predicted octanol–water partition coefficient (Wildman–Crippen LogP) is -0.804. The van der Waals surface area contributed by atoms with Gasteiger partial charge in [0.25, 0.3) is 11.5 Å². The number of aryl methyl sites for hydroxylation is 3. The zero-order chi connectivity index (χ0) is 15.0. The fourth-order valence-corrected chi connectivity index (χ4v) is 2.52. The third-order valence-corrected chi connectivity index (χ3v) is 3.62. The van der Waals surface area contributed by atoms with E-state index in [1.54, 1.807) is 26.4 Å². The first-order chi connectivity index (χ1) is 10.0. The molecular weight excluding hydrogens is 272 g/mol. The highest BCUT2D eigenvalue weighted by atomic mass is 16.2. The number of fused-ring (bicyclic) bond motifs is 1. The summed E-state index contributed by atoms with van der Waals surface area (Å²) in [5.74, 6) is -0.242. The van der Waals surface area contributed by atoms with Crippen molar-refractivity contribution in [3.63, 3.8) is 0 Å². The van der Waals surface area contributed by atoms with Crippen molar-refractivity contribution < 1.29 is 4.79 Å². The van der Waals surface area contributed by atoms with E-state index in [0.29, 0.717) is 12.1 Å². The summed E-state index contributed by atoms with van der Waals surface area (Å²) in [6.45, 7) is 0. The SMILES string of the molecule is Cn1cc(C(=O)N[C@H]2CCc3nn(C)c(=O)cc3C2)nn1. The van der Waals surface area contributed by atoms with E-state index in [0.717, 1.165) is 24.1 Å². The van der Waals surface area contributed by atoms with Gasteiger partial charge in [0.15, 0.2) is 5.69 Å². The van der Waals surface area contributed by atoms with Crippen LogP contribution in [-0.2, 0) is 26.9 Å². The Morgan fingerprint density at radius 2 is 2.24 bits per heavy atom. The number of nitrogens with zero attached hydrogens (tertiary/aromatic N) is 5. The molecule has 0 unspecified atom stereocenters. The predicted molar refractivity (Wildman–Crippen MR) is 73.8 cm³/mol. The zero-order valence-corrected chi connectivity index (χ0v) is 11.9. The molecule has 0 saturated heterocycles. The number of hydrogen-bond donors (Lipinski definition) is 1. The van der Waals surface area contributed by atoms with Crippen molar-refractivity contribution in [2.24, 2.45) is 14.1 Å². The summed E-state index contributed by atoms with van der Waals surface area (Å²) in [5, 5.41) is 14.7. The molecule has 1 aliphatic carbocycles. The maximum Gasteiger partial charge on any atom is 0.273 e. The zero-order valence-electron chi connectivity index (χ0n) is 11.9. The van der Waals surface area contributed by atoms with Crippen LogP contribution in [0.2, 0.25) is 0 Å². The molecule has 2 heterocycles. The monoisotopic (exact) mass is 288 g/mol. The minimum Gasteiger partial charge on any atom is -0.348 e. The highest BCUT2D eigenvalue weighted by Crippen LogP contribution is 2.18. The summed E-state index contributed by atoms with van der Waals surface area (Å²) < 4.78 is 2.83. The van der Waals surface area contributed by atoms with E-state index in [1.165, 1.54) is 9.36 Å². The van der Waals surface area contributed by atoms with E-state index >= 15 is 0 Å². The van der Waals surface area contributed by atoms with Crippen molar-refractivity contribution in [1.82, 2.24) is 30.1 Å². The second-order valence-corrected chi connectivity index (χ2v) is 5.27. The summed E-state index contributed by atoms with van der Waals surface area (Å²) in [6, 6.07) is 1.59. The molecule has 8 nitrogen and oxygen atoms in total. The Kier molecular flexibility index (Phi) is 3.28. The molecule has 0 bridgehead atoms. The lowest BCUT2D eigenvalue weighted by Gasteiger charge is -2.24. The van der Waals surface area contributed by atoms with Crippen LogP contribution in [0.3, 0.4) is 0 Å². The Balaban J connectivity index is 1.73. The minimum absolute atomic E-state index is 0.0130. The van der Waals surface area contributed by atoms with Crippen LogP contribution in [0.1, 0.15) is 28.2 Å². The van der Waals surface area contributed by atoms with Crippen LogP contribution in [0.5, 0.6) is 0 Å². The molecule has 3 rings (SSSR count). The van der Waals surface area contributed by atoms with E-state index in [4.69, 9.17) is 0 Å². The van der Waals surface area contributed by atoms with E-state index in [1.807, 2.05) is 0 Å². The first-order valence-corrected chi connectivity index (χ1v) is 6.76. The molecule has 21 heavy (non-hydrogen) atoms. The average Bonchev–Trinajstić information content (AvgIpc) is 2.87. The quantitative estimate of drug-likeness (QED) is 0.780. The molecule has 0 aliphatic heterocycles. The third kappa shape index (κ3) is 2.69. The van der Waals surface area contributed by atoms with E-state index in [2.05, 4.69) is 20.7 Å². The topological polar surface area (TPSA) is 94.7 Å². The number of rotatable bonds is 2. The summed E-state index contributed by atoms with van der Waals surface area (Å²) in [7, 11) is 3.35. The van der Waals surface area contributed by atoms with Gasteiger partial charge < -0.3 is 5.32 Å². The van der Waals surface area contributed by atoms with Gasteiger partial charge in [-0.15, -0.1) is 5.10 Å². The van der Waals surface area contributed by atoms with Gasteiger partial charge in [0.05, 0.1) is 11.9 Å². The van der Waals surface area contributed by atoms with Gasteiger partial charge in [-0.1, -0.05) is 5.21 Å². The molecule has 1 aliphatic rings. The molecule has 0 spiro atoms. The Morgan fingerprint density at radius 1 is 1.43 bits per heavy atom. The van der Waals surface area contributed by atoms with Crippen molar-refractivity contribution in [2.45, 2.75) is 25.3 Å². The normalized spacial score (nSPS) is 17.3. The van der Waals surface area contributed by atoms with Crippen LogP contribution in [0, 0.1) is 0 Å². The van der Waals surface area contributed by atoms with E-state index in [9.17, 15) is 9.59 Å². The smallest absolute Gasteiger partial charge is 0.273 e. The molecule has 1 N–H and O–H groups in total. The molecule has 1 amide bonds. The maximum absolute atomic E-state index is 12.1. The Bertz CT molecular complexity index is 747. The van der Waals surface area contributed by atoms with Crippen LogP contribution >= 0.6 is 0 Å². The van der Waals surface area contributed by atoms with Gasteiger partial charge in [0.1, 0.15) is 0 Å². The second kappa shape index (κ2) is 5.12. The second-order valence-electron chi connectivity index (χ2n) is 5.27. The van der Waals surface area contributed by atoms with Gasteiger partial charge in [-0.25, -0.2) is 4.68 Å². The van der Waals surface area contributed by atoms with Crippen LogP contribution < -0.4 is 10.9 Å². The number of carbonyl (C=O) groups is 1. The van der Waals surface area contributed by atoms with Crippen molar-refractivity contribution in [3.8, 4) is 0 Å². The molecule has 0 radical (unpaired) electrons. The van der Waals surface area contributed by atoms with Gasteiger partial charge >= 0.3 is 0 Å². The molecular formula is C13H16N6O2. The summed E-state index contributed by atoms with van der Waals surface area (Å²) in [5.41, 5.74) is 2.01. The Hall–Kier alpha value is -2.51. The van der Waals surface area contributed by atoms with Gasteiger partial charge in [-0.3, -0.25) is 14.3 Å². The first kappa shape index (κ1) is 13.5. The number of amides is 1. The van der Waals surface area contributed by atoms with Gasteiger partial charge in [-0.2, -0.15) is 5.10 Å². The highest BCUT2D eigenvalue weighted by Gasteiger charge is 2.23. The molecule has 1 atom stereocenters. The van der Waals surface area contributed by atoms with Gasteiger partial charge in [0.2, 0.25) is 0 Å². The molecule has 2 aromatic heterocycles. The average molecular weight is 288 g/mol. The summed E-state index contributed by atoms with van der Waals surface area (Å²) in [6.07, 6.45) is 3.73. The fraction of sp³-hybridized carbons (Fsp3) is 0.462. The van der Waals surface area contributed by atoms with E-state index < -0.39 is 0 Å². The van der Waals surface area contributed by atoms with Crippen molar-refractivity contribution >= 4 is 5.91 Å². The molecule has 0 saturated carbocycles.